The van der Waals surface area contributed by atoms with Crippen molar-refractivity contribution in [3.63, 3.8) is 0 Å². The first-order valence-electron chi connectivity index (χ1n) is 8.51. The maximum absolute atomic E-state index is 13.3. The molecule has 0 atom stereocenters. The molecule has 2 heterocycles. The quantitative estimate of drug-likeness (QED) is 0.347. The van der Waals surface area contributed by atoms with E-state index in [1.165, 1.54) is 41.3 Å². The average molecular weight is 413 g/mol. The summed E-state index contributed by atoms with van der Waals surface area (Å²) in [6.07, 6.45) is 0. The van der Waals surface area contributed by atoms with Crippen molar-refractivity contribution in [2.75, 3.05) is 5.32 Å². The van der Waals surface area contributed by atoms with Crippen LogP contribution in [-0.4, -0.2) is 10.2 Å². The van der Waals surface area contributed by atoms with Gasteiger partial charge in [-0.2, -0.15) is 0 Å². The van der Waals surface area contributed by atoms with E-state index < -0.39 is 0 Å². The summed E-state index contributed by atoms with van der Waals surface area (Å²) >= 11 is 2.87. The van der Waals surface area contributed by atoms with E-state index in [1.54, 1.807) is 12.1 Å². The zero-order valence-corrected chi connectivity index (χ0v) is 16.8. The Morgan fingerprint density at radius 3 is 2.86 bits per heavy atom. The number of anilines is 2. The second kappa shape index (κ2) is 7.73. The topological polar surface area (TPSA) is 68.0 Å². The summed E-state index contributed by atoms with van der Waals surface area (Å²) in [5, 5.41) is 12.8. The molecule has 1 N–H and O–H groups in total. The molecule has 0 spiro atoms. The van der Waals surface area contributed by atoms with Crippen LogP contribution in [0.1, 0.15) is 16.7 Å². The number of nitrogens with zero attached hydrogens (tertiary/aromatic N) is 2. The first-order valence-corrected chi connectivity index (χ1v) is 10.3. The summed E-state index contributed by atoms with van der Waals surface area (Å²) in [7, 11) is 0. The molecule has 0 aliphatic carbocycles. The van der Waals surface area contributed by atoms with Crippen LogP contribution < -0.4 is 10.9 Å². The zero-order chi connectivity index (χ0) is 19.7. The monoisotopic (exact) mass is 413 g/mol. The number of aromatic nitrogens is 2. The van der Waals surface area contributed by atoms with Gasteiger partial charge in [-0.3, -0.25) is 0 Å². The Morgan fingerprint density at radius 2 is 2.04 bits per heavy atom. The van der Waals surface area contributed by atoms with Crippen LogP contribution in [0, 0.1) is 19.7 Å². The Balaban J connectivity index is 1.53. The van der Waals surface area contributed by atoms with Crippen molar-refractivity contribution >= 4 is 44.9 Å². The summed E-state index contributed by atoms with van der Waals surface area (Å²) in [6.45, 7) is 3.94. The van der Waals surface area contributed by atoms with Gasteiger partial charge >= 0.3 is 5.63 Å². The predicted molar refractivity (Wildman–Crippen MR) is 111 cm³/mol. The number of aryl methyl sites for hydroxylation is 2. The molecule has 2 aromatic heterocycles. The van der Waals surface area contributed by atoms with Crippen LogP contribution >= 0.6 is 23.1 Å². The standard InChI is InChI=1S/C20H16FN3O2S2/c1-11-6-7-16-13(8-17(25)26-18(16)12(11)2)10-27-20-24-23-19(28-20)22-15-5-3-4-14(21)9-15/h3-9H,10H2,1-2H3,(H,22,23). The highest BCUT2D eigenvalue weighted by Crippen LogP contribution is 2.32. The molecular weight excluding hydrogens is 397 g/mol. The first kappa shape index (κ1) is 18.6. The van der Waals surface area contributed by atoms with Crippen molar-refractivity contribution in [2.24, 2.45) is 0 Å². The Kier molecular flexibility index (Phi) is 5.15. The smallest absolute Gasteiger partial charge is 0.336 e. The normalized spacial score (nSPS) is 11.1. The van der Waals surface area contributed by atoms with Crippen molar-refractivity contribution in [3.05, 3.63) is 75.4 Å². The van der Waals surface area contributed by atoms with Crippen LogP contribution in [0.25, 0.3) is 11.0 Å². The van der Waals surface area contributed by atoms with Gasteiger partial charge in [0.2, 0.25) is 5.13 Å². The third kappa shape index (κ3) is 3.93. The van der Waals surface area contributed by atoms with Crippen molar-refractivity contribution < 1.29 is 8.81 Å². The Bertz CT molecular complexity index is 1220. The molecule has 2 aromatic carbocycles. The van der Waals surface area contributed by atoms with Crippen LogP contribution in [-0.2, 0) is 5.75 Å². The van der Waals surface area contributed by atoms with Gasteiger partial charge in [0.05, 0.1) is 0 Å². The molecule has 0 fully saturated rings. The van der Waals surface area contributed by atoms with E-state index in [1.807, 2.05) is 26.0 Å². The highest BCUT2D eigenvalue weighted by Gasteiger charge is 2.12. The lowest BCUT2D eigenvalue weighted by molar-refractivity contribution is 0.557. The third-order valence-corrected chi connectivity index (χ3v) is 6.37. The molecule has 0 amide bonds. The molecular formula is C20H16FN3O2S2. The van der Waals surface area contributed by atoms with Gasteiger partial charge < -0.3 is 9.73 Å². The van der Waals surface area contributed by atoms with Gasteiger partial charge in [-0.05, 0) is 48.7 Å². The minimum atomic E-state index is -0.359. The fourth-order valence-electron chi connectivity index (χ4n) is 2.79. The molecule has 4 rings (SSSR count). The number of rotatable bonds is 5. The lowest BCUT2D eigenvalue weighted by Crippen LogP contribution is -2.01. The zero-order valence-electron chi connectivity index (χ0n) is 15.2. The lowest BCUT2D eigenvalue weighted by Gasteiger charge is -2.08. The maximum atomic E-state index is 13.3. The molecule has 0 saturated carbocycles. The summed E-state index contributed by atoms with van der Waals surface area (Å²) in [6, 6.07) is 11.7. The van der Waals surface area contributed by atoms with Crippen molar-refractivity contribution in [1.82, 2.24) is 10.2 Å². The van der Waals surface area contributed by atoms with Gasteiger partial charge in [-0.1, -0.05) is 41.3 Å². The summed E-state index contributed by atoms with van der Waals surface area (Å²) in [4.78, 5) is 12.0. The molecule has 142 valence electrons. The van der Waals surface area contributed by atoms with E-state index in [2.05, 4.69) is 15.5 Å². The molecule has 5 nitrogen and oxygen atoms in total. The summed E-state index contributed by atoms with van der Waals surface area (Å²) < 4.78 is 19.5. The molecule has 0 unspecified atom stereocenters. The third-order valence-electron chi connectivity index (χ3n) is 4.35. The highest BCUT2D eigenvalue weighted by molar-refractivity contribution is 8.00. The molecule has 0 saturated heterocycles. The van der Waals surface area contributed by atoms with Gasteiger partial charge in [-0.15, -0.1) is 10.2 Å². The van der Waals surface area contributed by atoms with Gasteiger partial charge in [0.15, 0.2) is 4.34 Å². The number of hydrogen-bond acceptors (Lipinski definition) is 7. The molecule has 0 aliphatic heterocycles. The average Bonchev–Trinajstić information content (AvgIpc) is 3.10. The van der Waals surface area contributed by atoms with E-state index in [0.717, 1.165) is 26.4 Å². The highest BCUT2D eigenvalue weighted by atomic mass is 32.2. The number of halogens is 1. The molecule has 28 heavy (non-hydrogen) atoms. The number of nitrogens with one attached hydrogen (secondary N) is 1. The second-order valence-electron chi connectivity index (χ2n) is 6.27. The van der Waals surface area contributed by atoms with E-state index in [9.17, 15) is 9.18 Å². The van der Waals surface area contributed by atoms with Crippen LogP contribution in [0.15, 0.2) is 56.0 Å². The Labute approximate surface area is 168 Å². The van der Waals surface area contributed by atoms with E-state index in [0.29, 0.717) is 22.2 Å². The van der Waals surface area contributed by atoms with Crippen LogP contribution in [0.3, 0.4) is 0 Å². The Morgan fingerprint density at radius 1 is 1.18 bits per heavy atom. The van der Waals surface area contributed by atoms with Crippen molar-refractivity contribution in [3.8, 4) is 0 Å². The molecule has 4 aromatic rings. The molecule has 8 heteroatoms. The summed E-state index contributed by atoms with van der Waals surface area (Å²) in [5.41, 5.74) is 3.84. The number of thioether (sulfide) groups is 1. The van der Waals surface area contributed by atoms with E-state index in [4.69, 9.17) is 4.42 Å². The van der Waals surface area contributed by atoms with Crippen molar-refractivity contribution in [2.45, 2.75) is 23.9 Å². The Hall–Kier alpha value is -2.71. The predicted octanol–water partition coefficient (Wildman–Crippen LogP) is 5.44. The lowest BCUT2D eigenvalue weighted by atomic mass is 10.0. The molecule has 0 bridgehead atoms. The van der Waals surface area contributed by atoms with Gasteiger partial charge in [0.25, 0.3) is 0 Å². The van der Waals surface area contributed by atoms with Crippen LogP contribution in [0.2, 0.25) is 0 Å². The van der Waals surface area contributed by atoms with Crippen molar-refractivity contribution in [1.29, 1.82) is 0 Å². The SMILES string of the molecule is Cc1ccc2c(CSc3nnc(Nc4cccc(F)c4)s3)cc(=O)oc2c1C. The van der Waals surface area contributed by atoms with Crippen LogP contribution in [0.4, 0.5) is 15.2 Å². The van der Waals surface area contributed by atoms with Gasteiger partial charge in [0, 0.05) is 22.9 Å². The second-order valence-corrected chi connectivity index (χ2v) is 8.47. The first-order chi connectivity index (χ1) is 13.5. The largest absolute Gasteiger partial charge is 0.422 e. The van der Waals surface area contributed by atoms with Gasteiger partial charge in [0.1, 0.15) is 11.4 Å². The fourth-order valence-corrected chi connectivity index (χ4v) is 4.56. The van der Waals surface area contributed by atoms with E-state index in [-0.39, 0.29) is 11.4 Å². The van der Waals surface area contributed by atoms with Crippen LogP contribution in [0.5, 0.6) is 0 Å². The summed E-state index contributed by atoms with van der Waals surface area (Å²) in [5.74, 6) is 0.253. The maximum Gasteiger partial charge on any atom is 0.336 e. The van der Waals surface area contributed by atoms with E-state index >= 15 is 0 Å². The molecule has 0 radical (unpaired) electrons. The van der Waals surface area contributed by atoms with Gasteiger partial charge in [-0.25, -0.2) is 9.18 Å². The fraction of sp³-hybridized carbons (Fsp3) is 0.150. The number of benzene rings is 2. The number of hydrogen-bond donors (Lipinski definition) is 1. The number of fused-ring (bicyclic) bond motifs is 1. The minimum Gasteiger partial charge on any atom is -0.422 e. The molecule has 0 aliphatic rings. The minimum absolute atomic E-state index is 0.315.